The van der Waals surface area contributed by atoms with Gasteiger partial charge in [-0.1, -0.05) is 35.7 Å². The van der Waals surface area contributed by atoms with Gasteiger partial charge in [-0.05, 0) is 32.6 Å². The van der Waals surface area contributed by atoms with Crippen molar-refractivity contribution in [2.75, 3.05) is 6.61 Å². The highest BCUT2D eigenvalue weighted by atomic mass is 79.9. The molecule has 1 fully saturated rings. The molecule has 1 rings (SSSR count). The summed E-state index contributed by atoms with van der Waals surface area (Å²) in [7, 11) is 0. The van der Waals surface area contributed by atoms with Crippen LogP contribution in [-0.4, -0.2) is 27.5 Å². The third-order valence-electron chi connectivity index (χ3n) is 3.31. The summed E-state index contributed by atoms with van der Waals surface area (Å²) < 4.78 is -0.574. The number of alkyl halides is 1. The number of aliphatic hydroxyl groups excluding tert-OH is 1. The molecule has 2 unspecified atom stereocenters. The van der Waals surface area contributed by atoms with Crippen molar-refractivity contribution in [3.05, 3.63) is 0 Å². The minimum absolute atomic E-state index is 0.0339. The molecule has 94 valence electrons. The van der Waals surface area contributed by atoms with Gasteiger partial charge in [0.1, 0.15) is 0 Å². The summed E-state index contributed by atoms with van der Waals surface area (Å²) in [5.74, 6) is 0.523. The van der Waals surface area contributed by atoms with Gasteiger partial charge in [0.2, 0.25) is 5.91 Å². The van der Waals surface area contributed by atoms with Crippen LogP contribution in [-0.2, 0) is 4.79 Å². The molecule has 0 radical (unpaired) electrons. The Morgan fingerprint density at radius 1 is 1.62 bits per heavy atom. The zero-order valence-electron chi connectivity index (χ0n) is 10.3. The summed E-state index contributed by atoms with van der Waals surface area (Å²) in [5.41, 5.74) is -0.403. The Morgan fingerprint density at radius 2 is 2.25 bits per heavy atom. The molecule has 2 atom stereocenters. The molecule has 1 amide bonds. The van der Waals surface area contributed by atoms with Crippen molar-refractivity contribution in [1.82, 2.24) is 5.32 Å². The number of hydrogen-bond acceptors (Lipinski definition) is 2. The largest absolute Gasteiger partial charge is 0.394 e. The molecular weight excluding hydrogens is 270 g/mol. The first-order valence-corrected chi connectivity index (χ1v) is 6.71. The van der Waals surface area contributed by atoms with E-state index in [4.69, 9.17) is 0 Å². The van der Waals surface area contributed by atoms with E-state index in [0.717, 1.165) is 19.3 Å². The molecule has 0 aromatic rings. The smallest absolute Gasteiger partial charge is 0.236 e. The second kappa shape index (κ2) is 5.05. The third-order valence-corrected chi connectivity index (χ3v) is 3.67. The SMILES string of the molecule is CC1CCCC(CO)(NC(=O)C(C)(C)Br)C1. The van der Waals surface area contributed by atoms with Crippen molar-refractivity contribution in [2.24, 2.45) is 5.92 Å². The molecule has 1 aliphatic carbocycles. The van der Waals surface area contributed by atoms with Crippen LogP contribution in [0.15, 0.2) is 0 Å². The Labute approximate surface area is 106 Å². The summed E-state index contributed by atoms with van der Waals surface area (Å²) in [6, 6.07) is 0. The lowest BCUT2D eigenvalue weighted by atomic mass is 9.76. The van der Waals surface area contributed by atoms with E-state index in [-0.39, 0.29) is 12.5 Å². The Hall–Kier alpha value is -0.0900. The molecule has 1 aliphatic rings. The van der Waals surface area contributed by atoms with Gasteiger partial charge in [0, 0.05) is 0 Å². The molecule has 0 spiro atoms. The Morgan fingerprint density at radius 3 is 2.69 bits per heavy atom. The first-order valence-electron chi connectivity index (χ1n) is 5.91. The number of carbonyl (C=O) groups is 1. The average molecular weight is 292 g/mol. The predicted molar refractivity (Wildman–Crippen MR) is 68.6 cm³/mol. The molecule has 0 bridgehead atoms. The number of halogens is 1. The van der Waals surface area contributed by atoms with E-state index >= 15 is 0 Å². The second-order valence-corrected chi connectivity index (χ2v) is 7.55. The second-order valence-electron chi connectivity index (χ2n) is 5.57. The van der Waals surface area contributed by atoms with E-state index in [1.165, 1.54) is 6.42 Å². The van der Waals surface area contributed by atoms with Gasteiger partial charge >= 0.3 is 0 Å². The quantitative estimate of drug-likeness (QED) is 0.784. The maximum Gasteiger partial charge on any atom is 0.236 e. The van der Waals surface area contributed by atoms with Crippen LogP contribution >= 0.6 is 15.9 Å². The monoisotopic (exact) mass is 291 g/mol. The fourth-order valence-electron chi connectivity index (χ4n) is 2.35. The summed E-state index contributed by atoms with van der Waals surface area (Å²) in [6.07, 6.45) is 4.01. The van der Waals surface area contributed by atoms with E-state index in [9.17, 15) is 9.90 Å². The van der Waals surface area contributed by atoms with Crippen LogP contribution in [0.25, 0.3) is 0 Å². The summed E-state index contributed by atoms with van der Waals surface area (Å²) in [6.45, 7) is 5.85. The highest BCUT2D eigenvalue weighted by molar-refractivity contribution is 9.10. The molecule has 0 saturated heterocycles. The lowest BCUT2D eigenvalue weighted by molar-refractivity contribution is -0.125. The summed E-state index contributed by atoms with van der Waals surface area (Å²) in [4.78, 5) is 11.9. The molecule has 0 aromatic carbocycles. The fourth-order valence-corrected chi connectivity index (χ4v) is 2.45. The summed E-state index contributed by atoms with van der Waals surface area (Å²) >= 11 is 3.35. The van der Waals surface area contributed by atoms with Crippen LogP contribution in [0.1, 0.15) is 46.5 Å². The van der Waals surface area contributed by atoms with Crippen LogP contribution in [0.5, 0.6) is 0 Å². The Bertz CT molecular complexity index is 262. The van der Waals surface area contributed by atoms with Crippen LogP contribution in [0.4, 0.5) is 0 Å². The van der Waals surface area contributed by atoms with Crippen molar-refractivity contribution in [3.63, 3.8) is 0 Å². The molecule has 16 heavy (non-hydrogen) atoms. The summed E-state index contributed by atoms with van der Waals surface area (Å²) in [5, 5.41) is 12.6. The van der Waals surface area contributed by atoms with Crippen LogP contribution in [0.2, 0.25) is 0 Å². The standard InChI is InChI=1S/C12H22BrNO2/c1-9-5-4-6-12(7-9,8-15)14-10(16)11(2,3)13/h9,15H,4-8H2,1-3H3,(H,14,16). The lowest BCUT2D eigenvalue weighted by Gasteiger charge is -2.40. The van der Waals surface area contributed by atoms with Gasteiger partial charge in [-0.25, -0.2) is 0 Å². The molecule has 1 saturated carbocycles. The Balaban J connectivity index is 2.70. The van der Waals surface area contributed by atoms with Crippen molar-refractivity contribution in [1.29, 1.82) is 0 Å². The number of rotatable bonds is 3. The predicted octanol–water partition coefficient (Wildman–Crippen LogP) is 2.22. The lowest BCUT2D eigenvalue weighted by Crippen LogP contribution is -2.57. The average Bonchev–Trinajstić information content (AvgIpc) is 2.16. The van der Waals surface area contributed by atoms with E-state index in [1.807, 2.05) is 13.8 Å². The van der Waals surface area contributed by atoms with Crippen molar-refractivity contribution >= 4 is 21.8 Å². The van der Waals surface area contributed by atoms with Gasteiger partial charge in [0.15, 0.2) is 0 Å². The fraction of sp³-hybridized carbons (Fsp3) is 0.917. The van der Waals surface area contributed by atoms with Gasteiger partial charge in [0.05, 0.1) is 16.5 Å². The van der Waals surface area contributed by atoms with Crippen LogP contribution < -0.4 is 5.32 Å². The van der Waals surface area contributed by atoms with E-state index in [0.29, 0.717) is 5.92 Å². The number of carbonyl (C=O) groups excluding carboxylic acids is 1. The molecule has 2 N–H and O–H groups in total. The molecule has 4 heteroatoms. The topological polar surface area (TPSA) is 49.3 Å². The van der Waals surface area contributed by atoms with Crippen molar-refractivity contribution in [3.8, 4) is 0 Å². The Kier molecular flexibility index (Phi) is 4.41. The zero-order chi connectivity index (χ0) is 12.4. The maximum atomic E-state index is 11.9. The van der Waals surface area contributed by atoms with Gasteiger partial charge in [0.25, 0.3) is 0 Å². The van der Waals surface area contributed by atoms with Crippen LogP contribution in [0.3, 0.4) is 0 Å². The van der Waals surface area contributed by atoms with Gasteiger partial charge in [-0.15, -0.1) is 0 Å². The molecule has 3 nitrogen and oxygen atoms in total. The first-order chi connectivity index (χ1) is 7.29. The minimum atomic E-state index is -0.574. The van der Waals surface area contributed by atoms with Gasteiger partial charge in [-0.3, -0.25) is 4.79 Å². The van der Waals surface area contributed by atoms with E-state index in [1.54, 1.807) is 0 Å². The highest BCUT2D eigenvalue weighted by Crippen LogP contribution is 2.32. The molecule has 0 aromatic heterocycles. The normalized spacial score (nSPS) is 31.2. The third kappa shape index (κ3) is 3.45. The first kappa shape index (κ1) is 14.0. The minimum Gasteiger partial charge on any atom is -0.394 e. The number of amides is 1. The molecular formula is C12H22BrNO2. The van der Waals surface area contributed by atoms with Crippen molar-refractivity contribution < 1.29 is 9.90 Å². The van der Waals surface area contributed by atoms with Crippen molar-refractivity contribution in [2.45, 2.75) is 56.3 Å². The van der Waals surface area contributed by atoms with E-state index in [2.05, 4.69) is 28.2 Å². The zero-order valence-corrected chi connectivity index (χ0v) is 11.9. The van der Waals surface area contributed by atoms with Gasteiger partial charge in [-0.2, -0.15) is 0 Å². The molecule has 0 heterocycles. The van der Waals surface area contributed by atoms with Crippen LogP contribution in [0, 0.1) is 5.92 Å². The molecule has 0 aliphatic heterocycles. The van der Waals surface area contributed by atoms with Gasteiger partial charge < -0.3 is 10.4 Å². The maximum absolute atomic E-state index is 11.9. The highest BCUT2D eigenvalue weighted by Gasteiger charge is 2.38. The number of hydrogen-bond donors (Lipinski definition) is 2. The number of aliphatic hydroxyl groups is 1. The number of nitrogens with one attached hydrogen (secondary N) is 1. The van der Waals surface area contributed by atoms with E-state index < -0.39 is 9.86 Å².